The van der Waals surface area contributed by atoms with E-state index in [4.69, 9.17) is 32.5 Å². The molecule has 0 aliphatic heterocycles. The molecule has 29 heavy (non-hydrogen) atoms. The van der Waals surface area contributed by atoms with Crippen molar-refractivity contribution < 1.29 is 18.7 Å². The molecule has 3 aromatic rings. The number of methoxy groups -OCH3 is 1. The summed E-state index contributed by atoms with van der Waals surface area (Å²) < 4.78 is 11.6. The predicted molar refractivity (Wildman–Crippen MR) is 112 cm³/mol. The van der Waals surface area contributed by atoms with Gasteiger partial charge < -0.3 is 10.1 Å². The Bertz CT molecular complexity index is 1070. The second-order valence-electron chi connectivity index (χ2n) is 5.95. The van der Waals surface area contributed by atoms with Gasteiger partial charge in [-0.05, 0) is 58.5 Å². The van der Waals surface area contributed by atoms with Crippen LogP contribution in [0.1, 0.15) is 13.3 Å². The zero-order valence-corrected chi connectivity index (χ0v) is 17.9. The largest absolute Gasteiger partial charge is 0.497 e. The Morgan fingerprint density at radius 2 is 2.00 bits per heavy atom. The number of aromatic nitrogens is 2. The van der Waals surface area contributed by atoms with Gasteiger partial charge in [0.25, 0.3) is 0 Å². The number of anilines is 1. The van der Waals surface area contributed by atoms with Gasteiger partial charge in [-0.25, -0.2) is 4.79 Å². The third-order valence-corrected chi connectivity index (χ3v) is 6.01. The first-order chi connectivity index (χ1) is 13.9. The molecular weight excluding hydrogens is 437 g/mol. The van der Waals surface area contributed by atoms with Crippen LogP contribution in [0, 0.1) is 0 Å². The van der Waals surface area contributed by atoms with E-state index in [1.54, 1.807) is 49.6 Å². The molecule has 152 valence electrons. The highest BCUT2D eigenvalue weighted by Crippen LogP contribution is 2.28. The number of nitrogens with zero attached hydrogens (tertiary/aromatic N) is 1. The molecule has 0 aliphatic carbocycles. The van der Waals surface area contributed by atoms with E-state index >= 15 is 0 Å². The molecule has 3 rings (SSSR count). The van der Waals surface area contributed by atoms with Crippen LogP contribution in [-0.4, -0.2) is 23.5 Å². The van der Waals surface area contributed by atoms with Crippen LogP contribution in [0.5, 0.6) is 5.75 Å². The highest BCUT2D eigenvalue weighted by molar-refractivity contribution is 8.00. The van der Waals surface area contributed by atoms with Crippen molar-refractivity contribution >= 4 is 46.6 Å². The van der Waals surface area contributed by atoms with Gasteiger partial charge in [0, 0.05) is 17.2 Å². The molecule has 2 aromatic carbocycles. The number of ether oxygens (including phenoxy) is 1. The van der Waals surface area contributed by atoms with E-state index in [9.17, 15) is 9.59 Å². The van der Waals surface area contributed by atoms with E-state index in [0.29, 0.717) is 33.6 Å². The van der Waals surface area contributed by atoms with E-state index in [2.05, 4.69) is 10.6 Å². The average molecular weight is 455 g/mol. The van der Waals surface area contributed by atoms with Gasteiger partial charge in [-0.15, -0.1) is 0 Å². The zero-order chi connectivity index (χ0) is 21.0. The molecule has 1 unspecified atom stereocenters. The fraction of sp³-hybridized carbons (Fsp3) is 0.211. The zero-order valence-electron chi connectivity index (χ0n) is 15.6. The van der Waals surface area contributed by atoms with Gasteiger partial charge in [-0.3, -0.25) is 9.32 Å². The van der Waals surface area contributed by atoms with Gasteiger partial charge in [-0.1, -0.05) is 30.1 Å². The van der Waals surface area contributed by atoms with Crippen LogP contribution in [0.2, 0.25) is 10.0 Å². The summed E-state index contributed by atoms with van der Waals surface area (Å²) in [5.41, 5.74) is 0.498. The van der Waals surface area contributed by atoms with Gasteiger partial charge >= 0.3 is 10.7 Å². The topological polar surface area (TPSA) is 88.2 Å². The number of hydrogen-bond acceptors (Lipinski definition) is 5. The molecular formula is C19H18Cl2N3O4S+. The summed E-state index contributed by atoms with van der Waals surface area (Å²) in [5, 5.41) is 5.83. The maximum absolute atomic E-state index is 12.8. The molecule has 0 saturated carbocycles. The first-order valence-electron chi connectivity index (χ1n) is 8.63. The lowest BCUT2D eigenvalue weighted by Crippen LogP contribution is -2.37. The SMILES string of the molecule is CCC(Sc1c(=O)o[nH][n+]1-c1ccc(OC)cc1)C(=O)Nc1cc(Cl)ccc1Cl. The lowest BCUT2D eigenvalue weighted by atomic mass is 10.2. The first kappa shape index (κ1) is 21.3. The van der Waals surface area contributed by atoms with Gasteiger partial charge in [-0.2, -0.15) is 0 Å². The number of rotatable bonds is 7. The van der Waals surface area contributed by atoms with Gasteiger partial charge in [0.2, 0.25) is 11.6 Å². The van der Waals surface area contributed by atoms with Crippen molar-refractivity contribution in [1.82, 2.24) is 5.27 Å². The molecule has 10 heteroatoms. The van der Waals surface area contributed by atoms with E-state index < -0.39 is 10.9 Å². The van der Waals surface area contributed by atoms with Crippen LogP contribution in [0.4, 0.5) is 5.69 Å². The number of amides is 1. The first-order valence-corrected chi connectivity index (χ1v) is 10.3. The van der Waals surface area contributed by atoms with Crippen molar-refractivity contribution in [3.05, 3.63) is 62.9 Å². The van der Waals surface area contributed by atoms with Crippen molar-refractivity contribution in [1.29, 1.82) is 0 Å². The van der Waals surface area contributed by atoms with Crippen LogP contribution < -0.4 is 20.4 Å². The van der Waals surface area contributed by atoms with E-state index in [0.717, 1.165) is 11.8 Å². The molecule has 0 radical (unpaired) electrons. The Morgan fingerprint density at radius 3 is 2.66 bits per heavy atom. The molecule has 1 amide bonds. The van der Waals surface area contributed by atoms with E-state index in [-0.39, 0.29) is 10.9 Å². The summed E-state index contributed by atoms with van der Waals surface area (Å²) in [7, 11) is 1.57. The highest BCUT2D eigenvalue weighted by Gasteiger charge is 2.30. The Morgan fingerprint density at radius 1 is 1.28 bits per heavy atom. The second kappa shape index (κ2) is 9.39. The lowest BCUT2D eigenvalue weighted by molar-refractivity contribution is -0.704. The smallest absolute Gasteiger partial charge is 0.442 e. The molecule has 0 saturated heterocycles. The number of benzene rings is 2. The van der Waals surface area contributed by atoms with Gasteiger partial charge in [0.1, 0.15) is 5.75 Å². The van der Waals surface area contributed by atoms with Crippen molar-refractivity contribution in [3.63, 3.8) is 0 Å². The third-order valence-electron chi connectivity index (χ3n) is 4.04. The maximum atomic E-state index is 12.8. The standard InChI is InChI=1S/C19H17Cl2N3O4S/c1-3-16(17(25)22-15-10-11(20)4-9-14(15)21)29-18-19(26)28-23-24(18)12-5-7-13(27-2)8-6-12/h4-10,16H,3H2,1-2H3,(H-,22,23,25,26)/p+1. The summed E-state index contributed by atoms with van der Waals surface area (Å²) in [6.45, 7) is 1.85. The summed E-state index contributed by atoms with van der Waals surface area (Å²) >= 11 is 13.2. The Kier molecular flexibility index (Phi) is 6.89. The predicted octanol–water partition coefficient (Wildman–Crippen LogP) is 4.07. The van der Waals surface area contributed by atoms with Crippen LogP contribution in [0.15, 0.2) is 56.8 Å². The monoisotopic (exact) mass is 454 g/mol. The van der Waals surface area contributed by atoms with Crippen molar-refractivity contribution in [2.24, 2.45) is 0 Å². The number of nitrogens with one attached hydrogen (secondary N) is 2. The second-order valence-corrected chi connectivity index (χ2v) is 7.98. The molecule has 1 aromatic heterocycles. The molecule has 0 spiro atoms. The minimum Gasteiger partial charge on any atom is -0.497 e. The van der Waals surface area contributed by atoms with Crippen LogP contribution in [0.25, 0.3) is 5.69 Å². The molecule has 1 heterocycles. The van der Waals surface area contributed by atoms with E-state index in [1.165, 1.54) is 4.68 Å². The molecule has 2 N–H and O–H groups in total. The number of carbonyl (C=O) groups is 1. The number of hydrogen-bond donors (Lipinski definition) is 2. The molecule has 7 nitrogen and oxygen atoms in total. The summed E-state index contributed by atoms with van der Waals surface area (Å²) in [6.07, 6.45) is 0.474. The van der Waals surface area contributed by atoms with Gasteiger partial charge in [0.05, 0.1) is 23.1 Å². The number of thioether (sulfide) groups is 1. The van der Waals surface area contributed by atoms with Gasteiger partial charge in [0.15, 0.2) is 0 Å². The highest BCUT2D eigenvalue weighted by atomic mass is 35.5. The Labute approximate surface area is 180 Å². The summed E-state index contributed by atoms with van der Waals surface area (Å²) in [4.78, 5) is 25.0. The number of H-pyrrole nitrogens is 1. The minimum absolute atomic E-state index is 0.245. The van der Waals surface area contributed by atoms with Crippen molar-refractivity contribution in [2.75, 3.05) is 12.4 Å². The Balaban J connectivity index is 1.83. The average Bonchev–Trinajstić information content (AvgIpc) is 3.09. The van der Waals surface area contributed by atoms with Crippen molar-refractivity contribution in [2.45, 2.75) is 23.6 Å². The molecule has 1 atom stereocenters. The lowest BCUT2D eigenvalue weighted by Gasteiger charge is -2.13. The minimum atomic E-state index is -0.571. The maximum Gasteiger partial charge on any atom is 0.442 e. The Hall–Kier alpha value is -2.42. The fourth-order valence-corrected chi connectivity index (χ4v) is 3.85. The number of halogens is 2. The van der Waals surface area contributed by atoms with Crippen molar-refractivity contribution in [3.8, 4) is 11.4 Å². The fourth-order valence-electron chi connectivity index (χ4n) is 2.53. The van der Waals surface area contributed by atoms with E-state index in [1.807, 2.05) is 6.92 Å². The van der Waals surface area contributed by atoms with Crippen LogP contribution >= 0.6 is 35.0 Å². The number of aromatic amines is 1. The van der Waals surface area contributed by atoms with Crippen LogP contribution in [0.3, 0.4) is 0 Å². The quantitative estimate of drug-likeness (QED) is 0.414. The number of carbonyl (C=O) groups excluding carboxylic acids is 1. The summed E-state index contributed by atoms with van der Waals surface area (Å²) in [5.74, 6) is 0.377. The normalized spacial score (nSPS) is 11.9. The van der Waals surface area contributed by atoms with Crippen LogP contribution in [-0.2, 0) is 4.79 Å². The third kappa shape index (κ3) is 4.95. The molecule has 0 bridgehead atoms. The summed E-state index contributed by atoms with van der Waals surface area (Å²) in [6, 6.07) is 11.9. The molecule has 0 fully saturated rings. The molecule has 0 aliphatic rings.